The molecule has 1 amide bonds. The van der Waals surface area contributed by atoms with Crippen molar-refractivity contribution in [3.63, 3.8) is 0 Å². The maximum atomic E-state index is 12.3. The van der Waals surface area contributed by atoms with Crippen molar-refractivity contribution < 1.29 is 57.5 Å². The van der Waals surface area contributed by atoms with Gasteiger partial charge in [0.05, 0.1) is 18.0 Å². The number of nitrogens with one attached hydrogen (secondary N) is 1. The number of carbonyl (C=O) groups excluding carboxylic acids is 1. The van der Waals surface area contributed by atoms with E-state index in [0.29, 0.717) is 36.0 Å². The summed E-state index contributed by atoms with van der Waals surface area (Å²) in [7, 11) is -4.07. The number of fused-ring (bicyclic) bond motifs is 5. The van der Waals surface area contributed by atoms with Crippen LogP contribution in [0.15, 0.2) is 0 Å². The van der Waals surface area contributed by atoms with Crippen LogP contribution in [0.2, 0.25) is 0 Å². The van der Waals surface area contributed by atoms with Gasteiger partial charge in [-0.1, -0.05) is 27.7 Å². The molecule has 4 saturated carbocycles. The predicted molar refractivity (Wildman–Crippen MR) is 135 cm³/mol. The molecule has 36 heavy (non-hydrogen) atoms. The monoisotopic (exact) mass is 536 g/mol. The maximum Gasteiger partial charge on any atom is 1.00 e. The Labute approximate surface area is 240 Å². The second-order valence-electron chi connectivity index (χ2n) is 13.2. The van der Waals surface area contributed by atoms with Crippen LogP contribution in [0.5, 0.6) is 0 Å². The number of carbonyl (C=O) groups is 1. The summed E-state index contributed by atoms with van der Waals surface area (Å²) in [6.07, 6.45) is 8.68. The molecule has 0 aliphatic heterocycles. The van der Waals surface area contributed by atoms with E-state index in [1.807, 2.05) is 0 Å². The van der Waals surface area contributed by atoms with Crippen LogP contribution in [0, 0.1) is 45.8 Å². The topological polar surface area (TPSA) is 124 Å². The third kappa shape index (κ3) is 5.48. The molecule has 4 aliphatic carbocycles. The fourth-order valence-corrected chi connectivity index (χ4v) is 9.94. The van der Waals surface area contributed by atoms with Gasteiger partial charge in [-0.2, -0.15) is 8.42 Å². The van der Waals surface area contributed by atoms with Gasteiger partial charge in [0.25, 0.3) is 10.1 Å². The molecule has 4 fully saturated rings. The summed E-state index contributed by atoms with van der Waals surface area (Å²) in [6, 6.07) is 0. The van der Waals surface area contributed by atoms with Crippen LogP contribution in [0.25, 0.3) is 0 Å². The van der Waals surface area contributed by atoms with Crippen LogP contribution in [0.4, 0.5) is 0 Å². The molecule has 0 bridgehead atoms. The van der Waals surface area contributed by atoms with Crippen molar-refractivity contribution in [1.82, 2.24) is 5.32 Å². The number of amides is 1. The Balaban J connectivity index is 0.00000361. The van der Waals surface area contributed by atoms with E-state index in [0.717, 1.165) is 57.8 Å². The maximum absolute atomic E-state index is 12.3. The Morgan fingerprint density at radius 2 is 1.69 bits per heavy atom. The number of aliphatic hydroxyl groups excluding tert-OH is 2. The first-order valence-corrected chi connectivity index (χ1v) is 15.4. The third-order valence-corrected chi connectivity index (χ3v) is 12.5. The molecule has 4 aliphatic rings. The second-order valence-corrected chi connectivity index (χ2v) is 14.8. The molecule has 4 unspecified atom stereocenters. The molecule has 0 saturated heterocycles. The zero-order chi connectivity index (χ0) is 25.8. The molecule has 7 nitrogen and oxygen atoms in total. The fraction of sp³-hybridized carbons (Fsp3) is 0.963. The Hall–Kier alpha value is 0.300. The molecule has 0 aromatic rings. The van der Waals surface area contributed by atoms with Gasteiger partial charge in [-0.05, 0) is 104 Å². The average Bonchev–Trinajstić information content (AvgIpc) is 3.03. The van der Waals surface area contributed by atoms with Crippen LogP contribution >= 0.6 is 0 Å². The van der Waals surface area contributed by atoms with Crippen molar-refractivity contribution >= 4 is 16.0 Å². The molecule has 10 atom stereocenters. The van der Waals surface area contributed by atoms with Gasteiger partial charge in [0, 0.05) is 13.0 Å². The molecule has 202 valence electrons. The normalized spacial score (nSPS) is 45.0. The van der Waals surface area contributed by atoms with Crippen molar-refractivity contribution in [2.24, 2.45) is 45.8 Å². The largest absolute Gasteiger partial charge is 1.00 e. The van der Waals surface area contributed by atoms with E-state index < -0.39 is 15.9 Å². The Morgan fingerprint density at radius 3 is 2.36 bits per heavy atom. The molecular formula is C27H47NNaO6S+. The minimum Gasteiger partial charge on any atom is -0.393 e. The smallest absolute Gasteiger partial charge is 0.393 e. The number of hydrogen-bond donors (Lipinski definition) is 4. The van der Waals surface area contributed by atoms with Crippen LogP contribution in [-0.2, 0) is 14.9 Å². The second kappa shape index (κ2) is 11.1. The first kappa shape index (κ1) is 30.8. The van der Waals surface area contributed by atoms with E-state index in [4.69, 9.17) is 4.55 Å². The summed E-state index contributed by atoms with van der Waals surface area (Å²) in [4.78, 5) is 12.3. The van der Waals surface area contributed by atoms with Crippen LogP contribution in [0.3, 0.4) is 0 Å². The minimum absolute atomic E-state index is 0. The van der Waals surface area contributed by atoms with Crippen molar-refractivity contribution in [2.75, 3.05) is 12.3 Å². The van der Waals surface area contributed by atoms with Crippen LogP contribution in [-0.4, -0.2) is 53.6 Å². The van der Waals surface area contributed by atoms with Gasteiger partial charge in [-0.15, -0.1) is 0 Å². The molecule has 0 aromatic carbocycles. The summed E-state index contributed by atoms with van der Waals surface area (Å²) >= 11 is 0. The van der Waals surface area contributed by atoms with E-state index in [1.165, 1.54) is 0 Å². The molecule has 0 aromatic heterocycles. The molecule has 4 N–H and O–H groups in total. The Bertz CT molecular complexity index is 916. The van der Waals surface area contributed by atoms with E-state index >= 15 is 0 Å². The van der Waals surface area contributed by atoms with E-state index in [2.05, 4.69) is 33.0 Å². The fourth-order valence-electron chi connectivity index (χ4n) is 9.58. The van der Waals surface area contributed by atoms with Gasteiger partial charge in [-0.25, -0.2) is 0 Å². The number of rotatable bonds is 7. The van der Waals surface area contributed by atoms with Crippen molar-refractivity contribution in [1.29, 1.82) is 0 Å². The van der Waals surface area contributed by atoms with Gasteiger partial charge >= 0.3 is 29.6 Å². The van der Waals surface area contributed by atoms with Gasteiger partial charge < -0.3 is 15.5 Å². The van der Waals surface area contributed by atoms with E-state index in [1.54, 1.807) is 0 Å². The number of hydrogen-bond acceptors (Lipinski definition) is 5. The SMILES string of the molecule is CC(CCC(=O)NCCS(=O)(=O)O)C1CC[C@@]2(C)[C@@H]3C(O)C[C@@H]4CC(O)CC[C@]4(C)[C@H]3CC[C@]12C.[Na+]. The average molecular weight is 537 g/mol. The summed E-state index contributed by atoms with van der Waals surface area (Å²) in [5.74, 6) is 1.42. The van der Waals surface area contributed by atoms with Gasteiger partial charge in [0.15, 0.2) is 0 Å². The summed E-state index contributed by atoms with van der Waals surface area (Å²) in [6.45, 7) is 9.49. The first-order valence-electron chi connectivity index (χ1n) is 13.8. The minimum atomic E-state index is -4.07. The van der Waals surface area contributed by atoms with Crippen molar-refractivity contribution in [3.05, 3.63) is 0 Å². The molecular weight excluding hydrogens is 489 g/mol. The van der Waals surface area contributed by atoms with Crippen molar-refractivity contribution in [3.8, 4) is 0 Å². The summed E-state index contributed by atoms with van der Waals surface area (Å²) in [5, 5.41) is 24.4. The van der Waals surface area contributed by atoms with Gasteiger partial charge in [-0.3, -0.25) is 9.35 Å². The van der Waals surface area contributed by atoms with Gasteiger partial charge in [0.2, 0.25) is 5.91 Å². The standard InChI is InChI=1S/C27H47NO6S.Na/c1-17(5-6-23(31)28-13-14-35(32,33)34)20-8-12-27(4)24-21(9-11-26(20,27)3)25(2)10-7-19(29)15-18(25)16-22(24)30;/h17-22,24,29-30H,5-16H2,1-4H3,(H,28,31)(H,32,33,34);/q;+1/t17?,18-,19?,20?,21-,22?,24-,25-,26+,27-;/m0./s1. The molecule has 0 radical (unpaired) electrons. The van der Waals surface area contributed by atoms with Crippen molar-refractivity contribution in [2.45, 2.75) is 104 Å². The molecule has 0 spiro atoms. The summed E-state index contributed by atoms with van der Waals surface area (Å²) in [5.41, 5.74) is 0.390. The zero-order valence-corrected chi connectivity index (χ0v) is 25.8. The van der Waals surface area contributed by atoms with Crippen LogP contribution in [0.1, 0.15) is 91.9 Å². The quantitative estimate of drug-likeness (QED) is 0.282. The van der Waals surface area contributed by atoms with E-state index in [-0.39, 0.29) is 70.5 Å². The van der Waals surface area contributed by atoms with E-state index in [9.17, 15) is 23.4 Å². The molecule has 4 rings (SSSR count). The van der Waals surface area contributed by atoms with Gasteiger partial charge in [0.1, 0.15) is 0 Å². The molecule has 0 heterocycles. The third-order valence-electron chi connectivity index (χ3n) is 11.7. The first-order chi connectivity index (χ1) is 16.2. The Kier molecular flexibility index (Phi) is 9.47. The predicted octanol–water partition coefficient (Wildman–Crippen LogP) is 0.791. The molecule has 9 heteroatoms. The zero-order valence-electron chi connectivity index (χ0n) is 23.0. The number of aliphatic hydroxyl groups is 2. The Morgan fingerprint density at radius 1 is 1.03 bits per heavy atom. The van der Waals surface area contributed by atoms with Crippen LogP contribution < -0.4 is 34.9 Å². The summed E-state index contributed by atoms with van der Waals surface area (Å²) < 4.78 is 30.6.